The van der Waals surface area contributed by atoms with Crippen molar-refractivity contribution in [2.75, 3.05) is 0 Å². The van der Waals surface area contributed by atoms with Crippen molar-refractivity contribution in [3.05, 3.63) is 29.5 Å². The summed E-state index contributed by atoms with van der Waals surface area (Å²) < 4.78 is 1.93. The molecule has 5 nitrogen and oxygen atoms in total. The summed E-state index contributed by atoms with van der Waals surface area (Å²) in [5.41, 5.74) is 3.24. The highest BCUT2D eigenvalue weighted by Crippen LogP contribution is 2.20. The molecule has 0 saturated heterocycles. The second-order valence-electron chi connectivity index (χ2n) is 7.14. The summed E-state index contributed by atoms with van der Waals surface area (Å²) in [4.78, 5) is 11.3. The van der Waals surface area contributed by atoms with Crippen molar-refractivity contribution in [3.8, 4) is 0 Å². The lowest BCUT2D eigenvalue weighted by Gasteiger charge is -2.29. The predicted octanol–water partition coefficient (Wildman–Crippen LogP) is 2.66. The Kier molecular flexibility index (Phi) is 5.09. The van der Waals surface area contributed by atoms with Crippen molar-refractivity contribution in [1.29, 1.82) is 0 Å². The van der Waals surface area contributed by atoms with Gasteiger partial charge in [-0.3, -0.25) is 9.48 Å². The number of carbonyl (C=O) groups is 1. The maximum atomic E-state index is 11.3. The summed E-state index contributed by atoms with van der Waals surface area (Å²) in [6, 6.07) is 6.69. The number of carbonyl (C=O) groups excluding carboxylic acids is 1. The van der Waals surface area contributed by atoms with E-state index in [-0.39, 0.29) is 17.5 Å². The van der Waals surface area contributed by atoms with Gasteiger partial charge in [0.05, 0.1) is 11.2 Å². The Bertz CT molecular complexity index is 702. The van der Waals surface area contributed by atoms with E-state index in [2.05, 4.69) is 47.8 Å². The Labute approximate surface area is 138 Å². The maximum Gasteiger partial charge on any atom is 0.217 e. The first-order valence-corrected chi connectivity index (χ1v) is 8.12. The molecule has 0 aliphatic carbocycles. The Morgan fingerprint density at radius 1 is 1.39 bits per heavy atom. The normalized spacial score (nSPS) is 13.3. The minimum atomic E-state index is -0.221. The van der Waals surface area contributed by atoms with Gasteiger partial charge in [0.2, 0.25) is 5.91 Å². The van der Waals surface area contributed by atoms with Crippen LogP contribution in [0.2, 0.25) is 0 Å². The molecule has 2 aromatic rings. The van der Waals surface area contributed by atoms with Crippen molar-refractivity contribution in [2.24, 2.45) is 7.05 Å². The van der Waals surface area contributed by atoms with Crippen LogP contribution in [0.3, 0.4) is 0 Å². The number of amides is 1. The molecule has 1 aromatic heterocycles. The lowest BCUT2D eigenvalue weighted by Crippen LogP contribution is -2.46. The average molecular weight is 316 g/mol. The van der Waals surface area contributed by atoms with Crippen LogP contribution in [0.5, 0.6) is 0 Å². The molecule has 23 heavy (non-hydrogen) atoms. The van der Waals surface area contributed by atoms with E-state index in [0.29, 0.717) is 0 Å². The van der Waals surface area contributed by atoms with Gasteiger partial charge >= 0.3 is 0 Å². The van der Waals surface area contributed by atoms with Crippen LogP contribution >= 0.6 is 0 Å². The summed E-state index contributed by atoms with van der Waals surface area (Å²) in [5.74, 6) is 0.00777. The van der Waals surface area contributed by atoms with Gasteiger partial charge < -0.3 is 10.6 Å². The van der Waals surface area contributed by atoms with Crippen LogP contribution in [0.4, 0.5) is 0 Å². The van der Waals surface area contributed by atoms with Gasteiger partial charge in [0, 0.05) is 37.5 Å². The zero-order valence-corrected chi connectivity index (χ0v) is 15.0. The third-order valence-corrected chi connectivity index (χ3v) is 4.03. The van der Waals surface area contributed by atoms with E-state index in [1.807, 2.05) is 25.6 Å². The number of hydrogen-bond donors (Lipinski definition) is 2. The van der Waals surface area contributed by atoms with E-state index in [1.165, 1.54) is 10.9 Å². The third kappa shape index (κ3) is 4.55. The van der Waals surface area contributed by atoms with E-state index >= 15 is 0 Å². The molecule has 2 rings (SSSR count). The van der Waals surface area contributed by atoms with Crippen molar-refractivity contribution in [2.45, 2.75) is 59.2 Å². The van der Waals surface area contributed by atoms with Gasteiger partial charge in [0.25, 0.3) is 0 Å². The largest absolute Gasteiger partial charge is 0.351 e. The van der Waals surface area contributed by atoms with Crippen LogP contribution in [0.15, 0.2) is 18.2 Å². The van der Waals surface area contributed by atoms with Gasteiger partial charge in [-0.05, 0) is 46.2 Å². The molecule has 1 atom stereocenters. The molecule has 126 valence electrons. The highest BCUT2D eigenvalue weighted by Gasteiger charge is 2.22. The van der Waals surface area contributed by atoms with E-state index < -0.39 is 0 Å². The van der Waals surface area contributed by atoms with Gasteiger partial charge in [-0.15, -0.1) is 0 Å². The Balaban J connectivity index is 2.03. The predicted molar refractivity (Wildman–Crippen MR) is 94.3 cm³/mol. The molecule has 1 aromatic carbocycles. The molecule has 5 heteroatoms. The molecular formula is C18H28N4O. The Morgan fingerprint density at radius 2 is 2.09 bits per heavy atom. The third-order valence-electron chi connectivity index (χ3n) is 4.03. The summed E-state index contributed by atoms with van der Waals surface area (Å²) in [5, 5.41) is 12.4. The van der Waals surface area contributed by atoms with E-state index in [0.717, 1.165) is 24.2 Å². The zero-order chi connectivity index (χ0) is 17.2. The minimum Gasteiger partial charge on any atom is -0.351 e. The molecule has 0 spiro atoms. The van der Waals surface area contributed by atoms with Crippen LogP contribution in [0.25, 0.3) is 10.9 Å². The summed E-state index contributed by atoms with van der Waals surface area (Å²) in [6.45, 7) is 10.6. The van der Waals surface area contributed by atoms with Crippen LogP contribution in [0, 0.1) is 6.92 Å². The van der Waals surface area contributed by atoms with Gasteiger partial charge in [-0.25, -0.2) is 0 Å². The molecule has 0 bridgehead atoms. The van der Waals surface area contributed by atoms with Gasteiger partial charge in [-0.1, -0.05) is 11.6 Å². The van der Waals surface area contributed by atoms with E-state index in [4.69, 9.17) is 0 Å². The first-order valence-electron chi connectivity index (χ1n) is 8.12. The number of hydrogen-bond acceptors (Lipinski definition) is 3. The molecule has 0 fully saturated rings. The number of aromatic nitrogens is 2. The second kappa shape index (κ2) is 6.71. The Hall–Kier alpha value is -1.88. The minimum absolute atomic E-state index is 0.00777. The van der Waals surface area contributed by atoms with Crippen LogP contribution in [-0.2, 0) is 18.4 Å². The molecule has 0 aliphatic heterocycles. The number of aryl methyl sites for hydroxylation is 2. The first kappa shape index (κ1) is 17.5. The molecule has 2 N–H and O–H groups in total. The molecule has 0 aliphatic rings. The van der Waals surface area contributed by atoms with Crippen molar-refractivity contribution in [3.63, 3.8) is 0 Å². The molecule has 1 amide bonds. The van der Waals surface area contributed by atoms with Crippen molar-refractivity contribution >= 4 is 16.8 Å². The summed E-state index contributed by atoms with van der Waals surface area (Å²) >= 11 is 0. The zero-order valence-electron chi connectivity index (χ0n) is 15.0. The molecule has 0 radical (unpaired) electrons. The second-order valence-corrected chi connectivity index (χ2v) is 7.14. The van der Waals surface area contributed by atoms with Crippen LogP contribution in [-0.4, -0.2) is 27.3 Å². The van der Waals surface area contributed by atoms with Gasteiger partial charge in [0.15, 0.2) is 0 Å². The highest BCUT2D eigenvalue weighted by molar-refractivity contribution is 5.82. The summed E-state index contributed by atoms with van der Waals surface area (Å²) in [6.07, 6.45) is 0.858. The number of benzene rings is 1. The van der Waals surface area contributed by atoms with Crippen LogP contribution in [0.1, 0.15) is 45.4 Å². The molecule has 1 unspecified atom stereocenters. The summed E-state index contributed by atoms with van der Waals surface area (Å²) in [7, 11) is 1.98. The molecular weight excluding hydrogens is 288 g/mol. The fraction of sp³-hybridized carbons (Fsp3) is 0.556. The smallest absolute Gasteiger partial charge is 0.217 e. The SMILES string of the molecule is CC(=O)NC(C)(C)CC(C)NCc1nn(C)c2ccc(C)cc12. The van der Waals surface area contributed by atoms with Crippen molar-refractivity contribution < 1.29 is 4.79 Å². The Morgan fingerprint density at radius 3 is 2.74 bits per heavy atom. The van der Waals surface area contributed by atoms with Crippen LogP contribution < -0.4 is 10.6 Å². The van der Waals surface area contributed by atoms with Gasteiger partial charge in [0.1, 0.15) is 0 Å². The fourth-order valence-corrected chi connectivity index (χ4v) is 3.22. The number of nitrogens with one attached hydrogen (secondary N) is 2. The first-order chi connectivity index (χ1) is 10.7. The number of fused-ring (bicyclic) bond motifs is 1. The standard InChI is InChI=1S/C18H28N4O/c1-12-7-8-17-15(9-12)16(21-22(17)6)11-19-13(2)10-18(4,5)20-14(3)23/h7-9,13,19H,10-11H2,1-6H3,(H,20,23). The molecule has 0 saturated carbocycles. The molecule has 1 heterocycles. The van der Waals surface area contributed by atoms with Gasteiger partial charge in [-0.2, -0.15) is 5.10 Å². The quantitative estimate of drug-likeness (QED) is 0.861. The number of nitrogens with zero attached hydrogens (tertiary/aromatic N) is 2. The average Bonchev–Trinajstić information content (AvgIpc) is 2.70. The fourth-order valence-electron chi connectivity index (χ4n) is 3.22. The lowest BCUT2D eigenvalue weighted by atomic mass is 9.96. The maximum absolute atomic E-state index is 11.3. The highest BCUT2D eigenvalue weighted by atomic mass is 16.1. The van der Waals surface area contributed by atoms with E-state index in [9.17, 15) is 4.79 Å². The monoisotopic (exact) mass is 316 g/mol. The number of rotatable bonds is 6. The van der Waals surface area contributed by atoms with E-state index in [1.54, 1.807) is 6.92 Å². The van der Waals surface area contributed by atoms with Crippen molar-refractivity contribution in [1.82, 2.24) is 20.4 Å². The lowest BCUT2D eigenvalue weighted by molar-refractivity contribution is -0.120. The topological polar surface area (TPSA) is 59.0 Å².